The first-order chi connectivity index (χ1) is 10.6. The molecular formula is C17H22N2O2S. The summed E-state index contributed by atoms with van der Waals surface area (Å²) in [5, 5.41) is 1.04. The van der Waals surface area contributed by atoms with Crippen molar-refractivity contribution in [2.45, 2.75) is 13.5 Å². The van der Waals surface area contributed by atoms with Gasteiger partial charge < -0.3 is 14.4 Å². The maximum Gasteiger partial charge on any atom is 0.123 e. The Balaban J connectivity index is 1.65. The first-order valence-electron chi connectivity index (χ1n) is 7.43. The molecular weight excluding hydrogens is 296 g/mol. The number of hydrogen-bond donors (Lipinski definition) is 0. The van der Waals surface area contributed by atoms with Crippen molar-refractivity contribution < 1.29 is 9.47 Å². The third kappa shape index (κ3) is 3.48. The molecule has 5 heteroatoms. The Bertz CT molecular complexity index is 637. The third-order valence-corrected chi connectivity index (χ3v) is 4.88. The van der Waals surface area contributed by atoms with Gasteiger partial charge in [-0.15, -0.1) is 11.3 Å². The van der Waals surface area contributed by atoms with Crippen LogP contribution in [-0.4, -0.2) is 43.8 Å². The van der Waals surface area contributed by atoms with Gasteiger partial charge in [0.2, 0.25) is 0 Å². The van der Waals surface area contributed by atoms with Crippen molar-refractivity contribution in [2.24, 2.45) is 5.41 Å². The van der Waals surface area contributed by atoms with E-state index in [0.717, 1.165) is 42.6 Å². The van der Waals surface area contributed by atoms with E-state index in [0.29, 0.717) is 5.41 Å². The van der Waals surface area contributed by atoms with Crippen molar-refractivity contribution in [3.05, 3.63) is 35.3 Å². The van der Waals surface area contributed by atoms with E-state index < -0.39 is 0 Å². The molecule has 1 aromatic carbocycles. The van der Waals surface area contributed by atoms with Crippen molar-refractivity contribution in [3.63, 3.8) is 0 Å². The molecule has 0 atom stereocenters. The molecule has 2 aromatic rings. The predicted molar refractivity (Wildman–Crippen MR) is 89.4 cm³/mol. The lowest BCUT2D eigenvalue weighted by Crippen LogP contribution is -2.47. The zero-order chi connectivity index (χ0) is 15.6. The molecule has 4 nitrogen and oxygen atoms in total. The van der Waals surface area contributed by atoms with Crippen LogP contribution < -0.4 is 4.74 Å². The van der Waals surface area contributed by atoms with Gasteiger partial charge in [0.25, 0.3) is 0 Å². The van der Waals surface area contributed by atoms with E-state index in [1.165, 1.54) is 4.88 Å². The first kappa shape index (κ1) is 15.5. The van der Waals surface area contributed by atoms with Crippen LogP contribution in [-0.2, 0) is 11.3 Å². The fraction of sp³-hybridized carbons (Fsp3) is 0.471. The average molecular weight is 318 g/mol. The van der Waals surface area contributed by atoms with E-state index in [4.69, 9.17) is 9.47 Å². The van der Waals surface area contributed by atoms with E-state index in [1.807, 2.05) is 24.4 Å². The van der Waals surface area contributed by atoms with Gasteiger partial charge in [0.1, 0.15) is 10.8 Å². The number of thiazole rings is 1. The van der Waals surface area contributed by atoms with E-state index in [-0.39, 0.29) is 0 Å². The second-order valence-corrected chi connectivity index (χ2v) is 7.45. The number of methoxy groups -OCH3 is 1. The normalized spacial score (nSPS) is 16.5. The van der Waals surface area contributed by atoms with Gasteiger partial charge in [0.15, 0.2) is 0 Å². The number of hydrogen-bond acceptors (Lipinski definition) is 5. The zero-order valence-electron chi connectivity index (χ0n) is 13.3. The molecule has 0 radical (unpaired) electrons. The predicted octanol–water partition coefficient (Wildman–Crippen LogP) is 3.29. The fourth-order valence-corrected chi connectivity index (χ4v) is 3.77. The molecule has 0 amide bonds. The van der Waals surface area contributed by atoms with E-state index >= 15 is 0 Å². The zero-order valence-corrected chi connectivity index (χ0v) is 14.2. The Morgan fingerprint density at radius 1 is 1.41 bits per heavy atom. The number of benzene rings is 1. The van der Waals surface area contributed by atoms with Crippen LogP contribution in [0.15, 0.2) is 30.5 Å². The lowest BCUT2D eigenvalue weighted by Gasteiger charge is -2.40. The molecule has 3 rings (SSSR count). The number of rotatable bonds is 6. The van der Waals surface area contributed by atoms with E-state index in [1.54, 1.807) is 18.4 Å². The van der Waals surface area contributed by atoms with Gasteiger partial charge in [-0.2, -0.15) is 0 Å². The monoisotopic (exact) mass is 318 g/mol. The summed E-state index contributed by atoms with van der Waals surface area (Å²) in [5.74, 6) is 0.865. The Morgan fingerprint density at radius 2 is 2.23 bits per heavy atom. The molecule has 0 N–H and O–H groups in total. The summed E-state index contributed by atoms with van der Waals surface area (Å²) in [6.07, 6.45) is 1.98. The van der Waals surface area contributed by atoms with Gasteiger partial charge in [-0.25, -0.2) is 4.98 Å². The Hall–Kier alpha value is -1.43. The van der Waals surface area contributed by atoms with E-state index in [9.17, 15) is 0 Å². The van der Waals surface area contributed by atoms with Crippen LogP contribution in [0.3, 0.4) is 0 Å². The van der Waals surface area contributed by atoms with Crippen molar-refractivity contribution in [2.75, 3.05) is 33.9 Å². The second kappa shape index (κ2) is 6.36. The van der Waals surface area contributed by atoms with Crippen molar-refractivity contribution in [1.82, 2.24) is 9.88 Å². The highest BCUT2D eigenvalue weighted by Crippen LogP contribution is 2.30. The summed E-state index contributed by atoms with van der Waals surface area (Å²) in [5.41, 5.74) is 1.42. The molecule has 0 aliphatic carbocycles. The highest BCUT2D eigenvalue weighted by atomic mass is 32.1. The molecule has 0 saturated carbocycles. The van der Waals surface area contributed by atoms with Gasteiger partial charge >= 0.3 is 0 Å². The largest absolute Gasteiger partial charge is 0.497 e. The van der Waals surface area contributed by atoms with Crippen LogP contribution in [0.1, 0.15) is 11.8 Å². The van der Waals surface area contributed by atoms with Crippen molar-refractivity contribution in [1.29, 1.82) is 0 Å². The molecule has 1 aliphatic heterocycles. The van der Waals surface area contributed by atoms with E-state index in [2.05, 4.69) is 29.9 Å². The quantitative estimate of drug-likeness (QED) is 0.818. The minimum Gasteiger partial charge on any atom is -0.497 e. The Morgan fingerprint density at radius 3 is 2.91 bits per heavy atom. The summed E-state index contributed by atoms with van der Waals surface area (Å²) in [6, 6.07) is 8.05. The topological polar surface area (TPSA) is 34.6 Å². The van der Waals surface area contributed by atoms with Crippen LogP contribution in [0.5, 0.6) is 5.75 Å². The molecule has 22 heavy (non-hydrogen) atoms. The molecule has 118 valence electrons. The van der Waals surface area contributed by atoms with Gasteiger partial charge in [-0.1, -0.05) is 19.1 Å². The summed E-state index contributed by atoms with van der Waals surface area (Å²) in [7, 11) is 3.85. The van der Waals surface area contributed by atoms with Crippen molar-refractivity contribution >= 4 is 11.3 Å². The standard InChI is InChI=1S/C17H22N2O2S/c1-17(11-21-12-17)10-19(2)9-15-8-18-16(22-15)13-5-4-6-14(7-13)20-3/h4-8H,9-12H2,1-3H3. The van der Waals surface area contributed by atoms with Crippen LogP contribution in [0.2, 0.25) is 0 Å². The highest BCUT2D eigenvalue weighted by Gasteiger charge is 2.34. The molecule has 0 spiro atoms. The maximum absolute atomic E-state index is 5.32. The van der Waals surface area contributed by atoms with Gasteiger partial charge in [-0.05, 0) is 19.2 Å². The van der Waals surface area contributed by atoms with Crippen LogP contribution in [0.4, 0.5) is 0 Å². The SMILES string of the molecule is COc1cccc(-c2ncc(CN(C)CC3(C)COC3)s2)c1. The minimum atomic E-state index is 0.315. The third-order valence-electron chi connectivity index (χ3n) is 3.85. The Labute approximate surface area is 135 Å². The molecule has 1 aliphatic rings. The Kier molecular flexibility index (Phi) is 4.47. The molecule has 1 fully saturated rings. The lowest BCUT2D eigenvalue weighted by molar-refractivity contribution is -0.113. The smallest absolute Gasteiger partial charge is 0.123 e. The highest BCUT2D eigenvalue weighted by molar-refractivity contribution is 7.15. The summed E-state index contributed by atoms with van der Waals surface area (Å²) in [6.45, 7) is 6.00. The number of nitrogens with zero attached hydrogens (tertiary/aromatic N) is 2. The molecule has 0 bridgehead atoms. The maximum atomic E-state index is 5.32. The molecule has 1 aromatic heterocycles. The van der Waals surface area contributed by atoms with Crippen LogP contribution in [0.25, 0.3) is 10.6 Å². The average Bonchev–Trinajstić information content (AvgIpc) is 2.94. The second-order valence-electron chi connectivity index (χ2n) is 6.34. The summed E-state index contributed by atoms with van der Waals surface area (Å²) < 4.78 is 10.6. The van der Waals surface area contributed by atoms with Crippen LogP contribution >= 0.6 is 11.3 Å². The summed E-state index contributed by atoms with van der Waals surface area (Å²) in [4.78, 5) is 8.19. The molecule has 0 unspecified atom stereocenters. The number of ether oxygens (including phenoxy) is 2. The van der Waals surface area contributed by atoms with Gasteiger partial charge in [0.05, 0.1) is 20.3 Å². The van der Waals surface area contributed by atoms with Crippen molar-refractivity contribution in [3.8, 4) is 16.3 Å². The number of aromatic nitrogens is 1. The first-order valence-corrected chi connectivity index (χ1v) is 8.25. The molecule has 1 saturated heterocycles. The molecule has 2 heterocycles. The lowest BCUT2D eigenvalue weighted by atomic mass is 9.88. The van der Waals surface area contributed by atoms with Crippen LogP contribution in [0, 0.1) is 5.41 Å². The minimum absolute atomic E-state index is 0.315. The van der Waals surface area contributed by atoms with Gasteiger partial charge in [0, 0.05) is 35.1 Å². The fourth-order valence-electron chi connectivity index (χ4n) is 2.79. The van der Waals surface area contributed by atoms with Gasteiger partial charge in [-0.3, -0.25) is 0 Å². The summed E-state index contributed by atoms with van der Waals surface area (Å²) >= 11 is 1.75.